The minimum atomic E-state index is -0.0581. The number of fused-ring (bicyclic) bond motifs is 1. The number of para-hydroxylation sites is 2. The van der Waals surface area contributed by atoms with Crippen molar-refractivity contribution in [3.63, 3.8) is 0 Å². The van der Waals surface area contributed by atoms with Gasteiger partial charge >= 0.3 is 0 Å². The number of aryl methyl sites for hydroxylation is 1. The summed E-state index contributed by atoms with van der Waals surface area (Å²) in [4.78, 5) is 18.1. The van der Waals surface area contributed by atoms with Crippen molar-refractivity contribution < 1.29 is 4.74 Å². The summed E-state index contributed by atoms with van der Waals surface area (Å²) in [6.45, 7) is 2.54. The maximum absolute atomic E-state index is 12.9. The van der Waals surface area contributed by atoms with Crippen LogP contribution in [0.25, 0.3) is 10.9 Å². The highest BCUT2D eigenvalue weighted by Gasteiger charge is 2.25. The zero-order valence-corrected chi connectivity index (χ0v) is 18.9. The lowest BCUT2D eigenvalue weighted by Gasteiger charge is -2.36. The molecule has 0 aliphatic heterocycles. The number of H-pyrrole nitrogens is 1. The number of rotatable bonds is 5. The van der Waals surface area contributed by atoms with Gasteiger partial charge in [-0.15, -0.1) is 0 Å². The third-order valence-electron chi connectivity index (χ3n) is 6.04. The van der Waals surface area contributed by atoms with Crippen LogP contribution in [0.2, 0.25) is 0 Å². The van der Waals surface area contributed by atoms with Gasteiger partial charge in [-0.25, -0.2) is 0 Å². The van der Waals surface area contributed by atoms with Crippen LogP contribution in [0.5, 0.6) is 5.75 Å². The lowest BCUT2D eigenvalue weighted by molar-refractivity contribution is 0.240. The molecule has 0 saturated heterocycles. The van der Waals surface area contributed by atoms with E-state index in [1.54, 1.807) is 7.11 Å². The molecule has 162 valence electrons. The molecule has 1 saturated carbocycles. The number of nitrogens with zero attached hydrogens (tertiary/aromatic N) is 1. The number of hydrogen-bond donors (Lipinski definition) is 2. The molecule has 0 unspecified atom stereocenters. The summed E-state index contributed by atoms with van der Waals surface area (Å²) in [5.74, 6) is 0.743. The van der Waals surface area contributed by atoms with E-state index in [1.807, 2.05) is 42.5 Å². The van der Waals surface area contributed by atoms with Gasteiger partial charge in [0, 0.05) is 17.1 Å². The number of thiocarbonyl (C=S) groups is 1. The standard InChI is InChI=1S/C25H29N3O2S/c1-17-12-13-21-18(14-17)15-19(24(29)26-21)16-28(20-8-4-3-5-9-20)25(31)27-22-10-6-7-11-23(22)30-2/h6-7,10-15,20H,3-5,8-9,16H2,1-2H3,(H,26,29)(H,27,31). The highest BCUT2D eigenvalue weighted by atomic mass is 32.1. The second kappa shape index (κ2) is 9.52. The topological polar surface area (TPSA) is 57.4 Å². The summed E-state index contributed by atoms with van der Waals surface area (Å²) in [5, 5.41) is 5.03. The van der Waals surface area contributed by atoms with Gasteiger partial charge in [0.15, 0.2) is 5.11 Å². The summed E-state index contributed by atoms with van der Waals surface area (Å²) in [6.07, 6.45) is 5.79. The van der Waals surface area contributed by atoms with E-state index >= 15 is 0 Å². The summed E-state index contributed by atoms with van der Waals surface area (Å²) >= 11 is 5.85. The third kappa shape index (κ3) is 4.90. The van der Waals surface area contributed by atoms with Crippen molar-refractivity contribution in [2.45, 2.75) is 51.6 Å². The molecule has 1 aliphatic rings. The Morgan fingerprint density at radius 2 is 1.94 bits per heavy atom. The molecule has 0 radical (unpaired) electrons. The van der Waals surface area contributed by atoms with E-state index < -0.39 is 0 Å². The summed E-state index contributed by atoms with van der Waals surface area (Å²) in [5.41, 5.74) is 3.53. The minimum absolute atomic E-state index is 0.0581. The lowest BCUT2D eigenvalue weighted by Crippen LogP contribution is -2.44. The number of hydrogen-bond acceptors (Lipinski definition) is 3. The Bertz CT molecular complexity index is 1140. The first-order valence-electron chi connectivity index (χ1n) is 10.9. The summed E-state index contributed by atoms with van der Waals surface area (Å²) < 4.78 is 5.47. The van der Waals surface area contributed by atoms with E-state index in [4.69, 9.17) is 17.0 Å². The SMILES string of the molecule is COc1ccccc1NC(=S)N(Cc1cc2cc(C)ccc2[nH]c1=O)C1CCCCC1. The fourth-order valence-corrected chi connectivity index (χ4v) is 4.69. The largest absolute Gasteiger partial charge is 0.495 e. The first-order valence-corrected chi connectivity index (χ1v) is 11.3. The minimum Gasteiger partial charge on any atom is -0.495 e. The zero-order chi connectivity index (χ0) is 21.8. The average Bonchev–Trinajstić information content (AvgIpc) is 2.78. The van der Waals surface area contributed by atoms with Gasteiger partial charge in [-0.2, -0.15) is 0 Å². The molecular weight excluding hydrogens is 406 g/mol. The van der Waals surface area contributed by atoms with Gasteiger partial charge in [0.1, 0.15) is 5.75 Å². The summed E-state index contributed by atoms with van der Waals surface area (Å²) in [7, 11) is 1.65. The number of aromatic nitrogens is 1. The molecule has 0 spiro atoms. The number of aromatic amines is 1. The third-order valence-corrected chi connectivity index (χ3v) is 6.38. The molecule has 1 aliphatic carbocycles. The number of ether oxygens (including phenoxy) is 1. The first-order chi connectivity index (χ1) is 15.0. The normalized spacial score (nSPS) is 14.4. The van der Waals surface area contributed by atoms with Crippen LogP contribution in [-0.2, 0) is 6.54 Å². The molecule has 0 atom stereocenters. The second-order valence-corrected chi connectivity index (χ2v) is 8.65. The molecule has 4 rings (SSSR count). The van der Waals surface area contributed by atoms with Gasteiger partial charge in [0.2, 0.25) is 0 Å². The van der Waals surface area contributed by atoms with Gasteiger partial charge in [0.05, 0.1) is 19.3 Å². The number of benzene rings is 2. The van der Waals surface area contributed by atoms with E-state index in [9.17, 15) is 4.79 Å². The zero-order valence-electron chi connectivity index (χ0n) is 18.1. The van der Waals surface area contributed by atoms with Crippen LogP contribution in [0.3, 0.4) is 0 Å². The fourth-order valence-electron chi connectivity index (χ4n) is 4.37. The lowest BCUT2D eigenvalue weighted by atomic mass is 9.94. The Morgan fingerprint density at radius 3 is 2.71 bits per heavy atom. The Hall–Kier alpha value is -2.86. The number of methoxy groups -OCH3 is 1. The Kier molecular flexibility index (Phi) is 6.56. The predicted molar refractivity (Wildman–Crippen MR) is 131 cm³/mol. The molecular formula is C25H29N3O2S. The average molecular weight is 436 g/mol. The number of pyridine rings is 1. The maximum atomic E-state index is 12.9. The molecule has 2 N–H and O–H groups in total. The highest BCUT2D eigenvalue weighted by molar-refractivity contribution is 7.80. The van der Waals surface area contributed by atoms with Crippen molar-refractivity contribution in [3.05, 3.63) is 70.0 Å². The van der Waals surface area contributed by atoms with Crippen LogP contribution in [0.1, 0.15) is 43.2 Å². The van der Waals surface area contributed by atoms with E-state index in [1.165, 1.54) is 24.8 Å². The van der Waals surface area contributed by atoms with Crippen LogP contribution >= 0.6 is 12.2 Å². The quantitative estimate of drug-likeness (QED) is 0.527. The Balaban J connectivity index is 1.65. The Morgan fingerprint density at radius 1 is 1.16 bits per heavy atom. The van der Waals surface area contributed by atoms with Crippen molar-refractivity contribution in [2.24, 2.45) is 0 Å². The van der Waals surface area contributed by atoms with Crippen LogP contribution < -0.4 is 15.6 Å². The van der Waals surface area contributed by atoms with E-state index in [0.29, 0.717) is 17.7 Å². The fraction of sp³-hybridized carbons (Fsp3) is 0.360. The van der Waals surface area contributed by atoms with Crippen LogP contribution in [0, 0.1) is 6.92 Å². The number of nitrogens with one attached hydrogen (secondary N) is 2. The molecule has 1 aromatic heterocycles. The van der Waals surface area contributed by atoms with Gasteiger partial charge in [-0.1, -0.05) is 43.0 Å². The van der Waals surface area contributed by atoms with E-state index in [2.05, 4.69) is 28.2 Å². The maximum Gasteiger partial charge on any atom is 0.253 e. The second-order valence-electron chi connectivity index (χ2n) is 8.26. The van der Waals surface area contributed by atoms with Gasteiger partial charge in [-0.05, 0) is 67.7 Å². The predicted octanol–water partition coefficient (Wildman–Crippen LogP) is 5.38. The van der Waals surface area contributed by atoms with Crippen LogP contribution in [0.15, 0.2) is 53.3 Å². The monoisotopic (exact) mass is 435 g/mol. The van der Waals surface area contributed by atoms with Gasteiger partial charge in [0.25, 0.3) is 5.56 Å². The first kappa shape index (κ1) is 21.4. The van der Waals surface area contributed by atoms with E-state index in [0.717, 1.165) is 40.7 Å². The van der Waals surface area contributed by atoms with Crippen molar-refractivity contribution in [1.82, 2.24) is 9.88 Å². The van der Waals surface area contributed by atoms with Crippen LogP contribution in [-0.4, -0.2) is 28.1 Å². The molecule has 31 heavy (non-hydrogen) atoms. The van der Waals surface area contributed by atoms with Crippen molar-refractivity contribution >= 4 is 33.9 Å². The molecule has 1 fully saturated rings. The summed E-state index contributed by atoms with van der Waals surface area (Å²) in [6, 6.07) is 16.1. The molecule has 2 aromatic carbocycles. The molecule has 6 heteroatoms. The van der Waals surface area contributed by atoms with Crippen LogP contribution in [0.4, 0.5) is 5.69 Å². The highest BCUT2D eigenvalue weighted by Crippen LogP contribution is 2.27. The van der Waals surface area contributed by atoms with Crippen molar-refractivity contribution in [3.8, 4) is 5.75 Å². The molecule has 3 aromatic rings. The van der Waals surface area contributed by atoms with Gasteiger partial charge in [-0.3, -0.25) is 4.79 Å². The molecule has 5 nitrogen and oxygen atoms in total. The molecule has 0 amide bonds. The number of anilines is 1. The smallest absolute Gasteiger partial charge is 0.253 e. The van der Waals surface area contributed by atoms with Crippen molar-refractivity contribution in [2.75, 3.05) is 12.4 Å². The Labute approximate surface area is 188 Å². The molecule has 1 heterocycles. The van der Waals surface area contributed by atoms with E-state index in [-0.39, 0.29) is 5.56 Å². The van der Waals surface area contributed by atoms with Gasteiger partial charge < -0.3 is 19.9 Å². The van der Waals surface area contributed by atoms with Crippen molar-refractivity contribution in [1.29, 1.82) is 0 Å². The molecule has 0 bridgehead atoms.